The number of benzene rings is 1. The van der Waals surface area contributed by atoms with Crippen LogP contribution >= 0.6 is 0 Å². The molecule has 0 heterocycles. The molecule has 1 aromatic rings. The van der Waals surface area contributed by atoms with Crippen LogP contribution < -0.4 is 5.73 Å². The van der Waals surface area contributed by atoms with Gasteiger partial charge in [-0.2, -0.15) is 0 Å². The van der Waals surface area contributed by atoms with Crippen molar-refractivity contribution in [2.75, 3.05) is 7.11 Å². The van der Waals surface area contributed by atoms with Crippen LogP contribution in [0.25, 0.3) is 0 Å². The highest BCUT2D eigenvalue weighted by Crippen LogP contribution is 2.49. The zero-order valence-electron chi connectivity index (χ0n) is 8.07. The highest BCUT2D eigenvalue weighted by Gasteiger charge is 2.58. The Morgan fingerprint density at radius 3 is 2.71 bits per heavy atom. The van der Waals surface area contributed by atoms with Crippen molar-refractivity contribution in [3.8, 4) is 0 Å². The predicted octanol–water partition coefficient (Wildman–Crippen LogP) is 1.04. The number of hydrogen-bond acceptors (Lipinski definition) is 3. The Morgan fingerprint density at radius 2 is 2.14 bits per heavy atom. The van der Waals surface area contributed by atoms with Crippen molar-refractivity contribution in [1.29, 1.82) is 0 Å². The molecule has 3 nitrogen and oxygen atoms in total. The summed E-state index contributed by atoms with van der Waals surface area (Å²) >= 11 is 0. The number of rotatable bonds is 2. The summed E-state index contributed by atoms with van der Waals surface area (Å²) in [6.45, 7) is 0. The number of ether oxygens (including phenoxy) is 1. The second kappa shape index (κ2) is 3.10. The fourth-order valence-corrected chi connectivity index (χ4v) is 1.80. The quantitative estimate of drug-likeness (QED) is 0.711. The van der Waals surface area contributed by atoms with Gasteiger partial charge in [-0.3, -0.25) is 4.79 Å². The topological polar surface area (TPSA) is 52.3 Å². The first kappa shape index (κ1) is 9.21. The minimum absolute atomic E-state index is 0.121. The third-order valence-electron chi connectivity index (χ3n) is 2.77. The lowest BCUT2D eigenvalue weighted by molar-refractivity contribution is -0.143. The number of carbonyl (C=O) groups excluding carboxylic acids is 1. The van der Waals surface area contributed by atoms with Crippen LogP contribution in [-0.2, 0) is 9.53 Å². The summed E-state index contributed by atoms with van der Waals surface area (Å²) < 4.78 is 4.66. The van der Waals surface area contributed by atoms with Crippen LogP contribution in [0.15, 0.2) is 30.3 Å². The van der Waals surface area contributed by atoms with Gasteiger partial charge in [0.2, 0.25) is 0 Å². The molecule has 1 fully saturated rings. The maximum absolute atomic E-state index is 11.3. The molecular formula is C11H13NO2. The molecule has 2 rings (SSSR count). The van der Waals surface area contributed by atoms with E-state index >= 15 is 0 Å². The van der Waals surface area contributed by atoms with E-state index in [0.29, 0.717) is 6.42 Å². The maximum atomic E-state index is 11.3. The van der Waals surface area contributed by atoms with Crippen molar-refractivity contribution >= 4 is 5.97 Å². The highest BCUT2D eigenvalue weighted by atomic mass is 16.5. The molecule has 3 heteroatoms. The molecule has 2 N–H and O–H groups in total. The standard InChI is InChI=1S/C11H13NO2/c1-14-10(13)11(12)7-9(11)8-5-3-2-4-6-8/h2-6,9H,7,12H2,1H3. The smallest absolute Gasteiger partial charge is 0.326 e. The van der Waals surface area contributed by atoms with Gasteiger partial charge in [-0.25, -0.2) is 0 Å². The number of methoxy groups -OCH3 is 1. The SMILES string of the molecule is COC(=O)C1(N)CC1c1ccccc1. The molecular weight excluding hydrogens is 178 g/mol. The summed E-state index contributed by atoms with van der Waals surface area (Å²) in [5, 5.41) is 0. The molecule has 1 aliphatic rings. The van der Waals surface area contributed by atoms with Crippen molar-refractivity contribution in [3.63, 3.8) is 0 Å². The van der Waals surface area contributed by atoms with Crippen molar-refractivity contribution in [2.45, 2.75) is 17.9 Å². The zero-order chi connectivity index (χ0) is 10.2. The van der Waals surface area contributed by atoms with Gasteiger partial charge in [0, 0.05) is 5.92 Å². The molecule has 0 radical (unpaired) electrons. The molecule has 2 unspecified atom stereocenters. The summed E-state index contributed by atoms with van der Waals surface area (Å²) in [4.78, 5) is 11.3. The summed E-state index contributed by atoms with van der Waals surface area (Å²) in [6.07, 6.45) is 0.684. The van der Waals surface area contributed by atoms with Gasteiger partial charge >= 0.3 is 5.97 Å². The fourth-order valence-electron chi connectivity index (χ4n) is 1.80. The molecule has 0 aliphatic heterocycles. The first-order valence-corrected chi connectivity index (χ1v) is 4.61. The Kier molecular flexibility index (Phi) is 2.04. The highest BCUT2D eigenvalue weighted by molar-refractivity contribution is 5.86. The van der Waals surface area contributed by atoms with E-state index in [1.165, 1.54) is 7.11 Å². The van der Waals surface area contributed by atoms with Crippen LogP contribution in [0.3, 0.4) is 0 Å². The number of hydrogen-bond donors (Lipinski definition) is 1. The Morgan fingerprint density at radius 1 is 1.50 bits per heavy atom. The number of esters is 1. The van der Waals surface area contributed by atoms with Gasteiger partial charge in [-0.15, -0.1) is 0 Å². The van der Waals surface area contributed by atoms with Crippen molar-refractivity contribution in [3.05, 3.63) is 35.9 Å². The van der Waals surface area contributed by atoms with E-state index in [1.54, 1.807) is 0 Å². The van der Waals surface area contributed by atoms with E-state index in [4.69, 9.17) is 5.73 Å². The summed E-state index contributed by atoms with van der Waals surface area (Å²) in [7, 11) is 1.37. The van der Waals surface area contributed by atoms with Gasteiger partial charge in [0.25, 0.3) is 0 Å². The minimum Gasteiger partial charge on any atom is -0.468 e. The lowest BCUT2D eigenvalue weighted by Crippen LogP contribution is -2.35. The summed E-state index contributed by atoms with van der Waals surface area (Å²) in [5.74, 6) is -0.192. The van der Waals surface area contributed by atoms with E-state index in [1.807, 2.05) is 30.3 Å². The molecule has 1 aliphatic carbocycles. The minimum atomic E-state index is -0.782. The molecule has 0 saturated heterocycles. The fraction of sp³-hybridized carbons (Fsp3) is 0.364. The van der Waals surface area contributed by atoms with Crippen molar-refractivity contribution < 1.29 is 9.53 Å². The van der Waals surface area contributed by atoms with Crippen LogP contribution in [0.2, 0.25) is 0 Å². The Labute approximate surface area is 82.9 Å². The Hall–Kier alpha value is -1.35. The lowest BCUT2D eigenvalue weighted by Gasteiger charge is -2.08. The Bertz CT molecular complexity index is 350. The third kappa shape index (κ3) is 1.30. The lowest BCUT2D eigenvalue weighted by atomic mass is 10.1. The van der Waals surface area contributed by atoms with Gasteiger partial charge in [0.1, 0.15) is 5.54 Å². The van der Waals surface area contributed by atoms with E-state index in [2.05, 4.69) is 4.74 Å². The first-order chi connectivity index (χ1) is 6.68. The molecule has 2 atom stereocenters. The van der Waals surface area contributed by atoms with Gasteiger partial charge in [0.15, 0.2) is 0 Å². The van der Waals surface area contributed by atoms with E-state index < -0.39 is 5.54 Å². The third-order valence-corrected chi connectivity index (χ3v) is 2.77. The Balaban J connectivity index is 2.16. The molecule has 0 bridgehead atoms. The molecule has 14 heavy (non-hydrogen) atoms. The molecule has 0 aromatic heterocycles. The maximum Gasteiger partial charge on any atom is 0.326 e. The second-order valence-electron chi connectivity index (χ2n) is 3.70. The first-order valence-electron chi connectivity index (χ1n) is 4.61. The molecule has 1 aromatic carbocycles. The summed E-state index contributed by atoms with van der Waals surface area (Å²) in [5.41, 5.74) is 6.23. The number of carbonyl (C=O) groups is 1. The second-order valence-corrected chi connectivity index (χ2v) is 3.70. The largest absolute Gasteiger partial charge is 0.468 e. The number of nitrogens with two attached hydrogens (primary N) is 1. The molecule has 1 saturated carbocycles. The van der Waals surface area contributed by atoms with Gasteiger partial charge in [-0.05, 0) is 12.0 Å². The predicted molar refractivity (Wildman–Crippen MR) is 52.7 cm³/mol. The summed E-state index contributed by atoms with van der Waals surface area (Å²) in [6, 6.07) is 9.82. The normalized spacial score (nSPS) is 29.7. The average Bonchev–Trinajstić information content (AvgIpc) is 2.92. The van der Waals surface area contributed by atoms with Crippen LogP contribution in [0.5, 0.6) is 0 Å². The van der Waals surface area contributed by atoms with Crippen molar-refractivity contribution in [1.82, 2.24) is 0 Å². The van der Waals surface area contributed by atoms with Crippen LogP contribution in [0.1, 0.15) is 17.9 Å². The molecule has 0 amide bonds. The molecule has 74 valence electrons. The zero-order valence-corrected chi connectivity index (χ0v) is 8.07. The van der Waals surface area contributed by atoms with Gasteiger partial charge in [-0.1, -0.05) is 30.3 Å². The van der Waals surface area contributed by atoms with Crippen LogP contribution in [-0.4, -0.2) is 18.6 Å². The van der Waals surface area contributed by atoms with E-state index in [9.17, 15) is 4.79 Å². The molecule has 0 spiro atoms. The van der Waals surface area contributed by atoms with Gasteiger partial charge < -0.3 is 10.5 Å². The van der Waals surface area contributed by atoms with Crippen molar-refractivity contribution in [2.24, 2.45) is 5.73 Å². The van der Waals surface area contributed by atoms with E-state index in [-0.39, 0.29) is 11.9 Å². The van der Waals surface area contributed by atoms with Crippen LogP contribution in [0, 0.1) is 0 Å². The van der Waals surface area contributed by atoms with Crippen LogP contribution in [0.4, 0.5) is 0 Å². The monoisotopic (exact) mass is 191 g/mol. The van der Waals surface area contributed by atoms with Gasteiger partial charge in [0.05, 0.1) is 7.11 Å². The average molecular weight is 191 g/mol. The van der Waals surface area contributed by atoms with E-state index in [0.717, 1.165) is 5.56 Å².